The highest BCUT2D eigenvalue weighted by Crippen LogP contribution is 1.93. The summed E-state index contributed by atoms with van der Waals surface area (Å²) in [5, 5.41) is 3.25. The minimum atomic E-state index is 0.802. The largest absolute Gasteiger partial charge is 0.337 e. The molecular formula is C9H15N3. The van der Waals surface area contributed by atoms with Crippen LogP contribution < -0.4 is 5.32 Å². The molecule has 0 atom stereocenters. The molecule has 1 aromatic heterocycles. The number of imidazole rings is 1. The predicted octanol–water partition coefficient (Wildman–Crippen LogP) is 1.09. The molecule has 3 nitrogen and oxygen atoms in total. The molecule has 1 heterocycles. The van der Waals surface area contributed by atoms with Crippen LogP contribution in [0.3, 0.4) is 0 Å². The van der Waals surface area contributed by atoms with Crippen molar-refractivity contribution in [2.24, 2.45) is 7.05 Å². The molecule has 0 aliphatic carbocycles. The Bertz CT molecular complexity index is 262. The van der Waals surface area contributed by atoms with Crippen molar-refractivity contribution in [1.82, 2.24) is 14.9 Å². The molecule has 0 amide bonds. The summed E-state index contributed by atoms with van der Waals surface area (Å²) in [5.74, 6) is 1.05. The van der Waals surface area contributed by atoms with Gasteiger partial charge in [0, 0.05) is 26.0 Å². The standard InChI is InChI=1S/C9H15N3/c1-8(2)6-10-7-9-11-4-5-12(9)3/h4-5,10H,1,6-7H2,2-3H3. The Hall–Kier alpha value is -1.09. The molecule has 0 radical (unpaired) electrons. The summed E-state index contributed by atoms with van der Waals surface area (Å²) < 4.78 is 2.01. The monoisotopic (exact) mass is 165 g/mol. The highest BCUT2D eigenvalue weighted by Gasteiger charge is 1.96. The van der Waals surface area contributed by atoms with Crippen LogP contribution in [0.2, 0.25) is 0 Å². The number of nitrogens with zero attached hydrogens (tertiary/aromatic N) is 2. The summed E-state index contributed by atoms with van der Waals surface area (Å²) in [7, 11) is 1.99. The lowest BCUT2D eigenvalue weighted by molar-refractivity contribution is 0.670. The fourth-order valence-corrected chi connectivity index (χ4v) is 0.955. The molecule has 0 aliphatic rings. The zero-order chi connectivity index (χ0) is 8.97. The second-order valence-corrected chi connectivity index (χ2v) is 3.02. The van der Waals surface area contributed by atoms with E-state index in [9.17, 15) is 0 Å². The van der Waals surface area contributed by atoms with E-state index in [2.05, 4.69) is 16.9 Å². The fraction of sp³-hybridized carbons (Fsp3) is 0.444. The summed E-state index contributed by atoms with van der Waals surface area (Å²) >= 11 is 0. The van der Waals surface area contributed by atoms with E-state index in [1.54, 1.807) is 6.20 Å². The van der Waals surface area contributed by atoms with E-state index in [-0.39, 0.29) is 0 Å². The van der Waals surface area contributed by atoms with Gasteiger partial charge in [-0.25, -0.2) is 4.98 Å². The number of hydrogen-bond donors (Lipinski definition) is 1. The minimum Gasteiger partial charge on any atom is -0.337 e. The first kappa shape index (κ1) is 9.00. The smallest absolute Gasteiger partial charge is 0.122 e. The van der Waals surface area contributed by atoms with E-state index in [0.717, 1.165) is 24.5 Å². The molecule has 0 spiro atoms. The first-order chi connectivity index (χ1) is 5.70. The topological polar surface area (TPSA) is 29.9 Å². The van der Waals surface area contributed by atoms with E-state index in [0.29, 0.717) is 0 Å². The van der Waals surface area contributed by atoms with E-state index >= 15 is 0 Å². The summed E-state index contributed by atoms with van der Waals surface area (Å²) in [6, 6.07) is 0. The van der Waals surface area contributed by atoms with Gasteiger partial charge < -0.3 is 9.88 Å². The first-order valence-corrected chi connectivity index (χ1v) is 4.01. The molecular weight excluding hydrogens is 150 g/mol. The highest BCUT2D eigenvalue weighted by molar-refractivity contribution is 4.94. The van der Waals surface area contributed by atoms with Crippen molar-refractivity contribution in [3.63, 3.8) is 0 Å². The van der Waals surface area contributed by atoms with Crippen molar-refractivity contribution in [3.05, 3.63) is 30.4 Å². The van der Waals surface area contributed by atoms with E-state index in [4.69, 9.17) is 0 Å². The van der Waals surface area contributed by atoms with Gasteiger partial charge >= 0.3 is 0 Å². The molecule has 12 heavy (non-hydrogen) atoms. The lowest BCUT2D eigenvalue weighted by atomic mass is 10.3. The molecule has 0 aromatic carbocycles. The first-order valence-electron chi connectivity index (χ1n) is 4.01. The Morgan fingerprint density at radius 1 is 1.75 bits per heavy atom. The van der Waals surface area contributed by atoms with Crippen molar-refractivity contribution < 1.29 is 0 Å². The summed E-state index contributed by atoms with van der Waals surface area (Å²) in [6.07, 6.45) is 3.75. The Morgan fingerprint density at radius 3 is 3.00 bits per heavy atom. The van der Waals surface area contributed by atoms with Crippen LogP contribution in [0, 0.1) is 0 Å². The van der Waals surface area contributed by atoms with Gasteiger partial charge in [0.05, 0.1) is 6.54 Å². The molecule has 66 valence electrons. The number of nitrogens with one attached hydrogen (secondary N) is 1. The van der Waals surface area contributed by atoms with Crippen LogP contribution in [-0.2, 0) is 13.6 Å². The molecule has 0 bridgehead atoms. The van der Waals surface area contributed by atoms with Gasteiger partial charge in [-0.05, 0) is 6.92 Å². The van der Waals surface area contributed by atoms with E-state index in [1.807, 2.05) is 24.7 Å². The van der Waals surface area contributed by atoms with E-state index in [1.165, 1.54) is 0 Å². The lowest BCUT2D eigenvalue weighted by Crippen LogP contribution is -2.17. The summed E-state index contributed by atoms with van der Waals surface area (Å²) in [5.41, 5.74) is 1.14. The molecule has 0 saturated carbocycles. The molecule has 3 heteroatoms. The Labute approximate surface area is 73.1 Å². The van der Waals surface area contributed by atoms with Gasteiger partial charge in [-0.1, -0.05) is 12.2 Å². The third kappa shape index (κ3) is 2.51. The zero-order valence-electron chi connectivity index (χ0n) is 7.67. The zero-order valence-corrected chi connectivity index (χ0v) is 7.67. The number of aromatic nitrogens is 2. The maximum atomic E-state index is 4.18. The van der Waals surface area contributed by atoms with Gasteiger partial charge in [0.25, 0.3) is 0 Å². The summed E-state index contributed by atoms with van der Waals surface area (Å²) in [4.78, 5) is 4.18. The van der Waals surface area contributed by atoms with Crippen LogP contribution in [0.25, 0.3) is 0 Å². The third-order valence-electron chi connectivity index (χ3n) is 1.63. The molecule has 0 aliphatic heterocycles. The maximum absolute atomic E-state index is 4.18. The van der Waals surface area contributed by atoms with Gasteiger partial charge in [0.2, 0.25) is 0 Å². The normalized spacial score (nSPS) is 10.2. The van der Waals surface area contributed by atoms with Crippen LogP contribution in [0.1, 0.15) is 12.7 Å². The SMILES string of the molecule is C=C(C)CNCc1nccn1C. The fourth-order valence-electron chi connectivity index (χ4n) is 0.955. The van der Waals surface area contributed by atoms with Gasteiger partial charge in [-0.2, -0.15) is 0 Å². The second-order valence-electron chi connectivity index (χ2n) is 3.02. The van der Waals surface area contributed by atoms with Crippen molar-refractivity contribution in [1.29, 1.82) is 0 Å². The molecule has 0 saturated heterocycles. The second kappa shape index (κ2) is 4.07. The Balaban J connectivity index is 2.33. The number of rotatable bonds is 4. The lowest BCUT2D eigenvalue weighted by Gasteiger charge is -2.03. The molecule has 0 unspecified atom stereocenters. The van der Waals surface area contributed by atoms with Gasteiger partial charge in [0.15, 0.2) is 0 Å². The Kier molecular flexibility index (Phi) is 3.05. The van der Waals surface area contributed by atoms with Crippen LogP contribution in [-0.4, -0.2) is 16.1 Å². The van der Waals surface area contributed by atoms with Crippen LogP contribution in [0.5, 0.6) is 0 Å². The molecule has 1 rings (SSSR count). The van der Waals surface area contributed by atoms with Crippen LogP contribution in [0.15, 0.2) is 24.5 Å². The van der Waals surface area contributed by atoms with Crippen molar-refractivity contribution in [2.45, 2.75) is 13.5 Å². The van der Waals surface area contributed by atoms with Crippen molar-refractivity contribution >= 4 is 0 Å². The molecule has 0 fully saturated rings. The van der Waals surface area contributed by atoms with Gasteiger partial charge in [-0.15, -0.1) is 0 Å². The number of hydrogen-bond acceptors (Lipinski definition) is 2. The van der Waals surface area contributed by atoms with Crippen LogP contribution >= 0.6 is 0 Å². The average Bonchev–Trinajstić information content (AvgIpc) is 2.36. The predicted molar refractivity (Wildman–Crippen MR) is 49.7 cm³/mol. The van der Waals surface area contributed by atoms with E-state index < -0.39 is 0 Å². The van der Waals surface area contributed by atoms with Crippen LogP contribution in [0.4, 0.5) is 0 Å². The molecule has 1 N–H and O–H groups in total. The van der Waals surface area contributed by atoms with Gasteiger partial charge in [-0.3, -0.25) is 0 Å². The average molecular weight is 165 g/mol. The van der Waals surface area contributed by atoms with Gasteiger partial charge in [0.1, 0.15) is 5.82 Å². The van der Waals surface area contributed by atoms with Crippen molar-refractivity contribution in [2.75, 3.05) is 6.54 Å². The summed E-state index contributed by atoms with van der Waals surface area (Å²) in [6.45, 7) is 7.47. The third-order valence-corrected chi connectivity index (χ3v) is 1.63. The maximum Gasteiger partial charge on any atom is 0.122 e. The van der Waals surface area contributed by atoms with Crippen molar-refractivity contribution in [3.8, 4) is 0 Å². The highest BCUT2D eigenvalue weighted by atomic mass is 15.1. The number of aryl methyl sites for hydroxylation is 1. The Morgan fingerprint density at radius 2 is 2.50 bits per heavy atom. The quantitative estimate of drug-likeness (QED) is 0.677. The molecule has 1 aromatic rings. The minimum absolute atomic E-state index is 0.802.